The predicted molar refractivity (Wildman–Crippen MR) is 78.8 cm³/mol. The lowest BCUT2D eigenvalue weighted by Gasteiger charge is -2.28. The molecule has 106 valence electrons. The highest BCUT2D eigenvalue weighted by atomic mass is 32.1. The van der Waals surface area contributed by atoms with Crippen LogP contribution in [0.15, 0.2) is 5.51 Å². The smallest absolute Gasteiger partial charge is 0.263 e. The quantitative estimate of drug-likeness (QED) is 0.874. The molecule has 1 amide bonds. The second-order valence-electron chi connectivity index (χ2n) is 6.33. The van der Waals surface area contributed by atoms with E-state index in [1.807, 2.05) is 0 Å². The van der Waals surface area contributed by atoms with Gasteiger partial charge in [-0.25, -0.2) is 4.98 Å². The normalized spacial score (nSPS) is 24.2. The number of carbonyl (C=O) groups is 1. The third-order valence-corrected chi connectivity index (χ3v) is 4.27. The van der Waals surface area contributed by atoms with Gasteiger partial charge in [-0.3, -0.25) is 4.79 Å². The summed E-state index contributed by atoms with van der Waals surface area (Å²) in [5.41, 5.74) is 2.58. The van der Waals surface area contributed by atoms with E-state index >= 15 is 0 Å². The van der Waals surface area contributed by atoms with Gasteiger partial charge in [-0.2, -0.15) is 0 Å². The van der Waals surface area contributed by atoms with Crippen LogP contribution in [0, 0.1) is 0 Å². The van der Waals surface area contributed by atoms with Crippen molar-refractivity contribution in [1.29, 1.82) is 0 Å². The number of hydrogen-bond donors (Lipinski definition) is 2. The summed E-state index contributed by atoms with van der Waals surface area (Å²) in [6.07, 6.45) is 2.00. The van der Waals surface area contributed by atoms with Crippen LogP contribution in [0.2, 0.25) is 0 Å². The minimum Gasteiger partial charge on any atom is -0.348 e. The third-order valence-electron chi connectivity index (χ3n) is 3.44. The number of carbonyl (C=O) groups excluding carboxylic acids is 1. The van der Waals surface area contributed by atoms with Gasteiger partial charge in [-0.05, 0) is 26.3 Å². The summed E-state index contributed by atoms with van der Waals surface area (Å²) < 4.78 is 0. The van der Waals surface area contributed by atoms with Crippen molar-refractivity contribution in [3.63, 3.8) is 0 Å². The molecule has 5 heteroatoms. The third kappa shape index (κ3) is 3.54. The highest BCUT2D eigenvalue weighted by Gasteiger charge is 2.27. The summed E-state index contributed by atoms with van der Waals surface area (Å²) in [4.78, 5) is 17.5. The Labute approximate surface area is 119 Å². The van der Waals surface area contributed by atoms with E-state index in [1.165, 1.54) is 11.3 Å². The van der Waals surface area contributed by atoms with Crippen molar-refractivity contribution < 1.29 is 4.79 Å². The first-order valence-corrected chi connectivity index (χ1v) is 7.74. The summed E-state index contributed by atoms with van der Waals surface area (Å²) in [6.45, 7) is 9.40. The number of piperidine rings is 1. The SMILES string of the molecule is CC1CC(NC(=O)c2scnc2C(C)(C)C)CCN1. The fraction of sp³-hybridized carbons (Fsp3) is 0.714. The van der Waals surface area contributed by atoms with Crippen LogP contribution < -0.4 is 10.6 Å². The number of aromatic nitrogens is 1. The van der Waals surface area contributed by atoms with Gasteiger partial charge >= 0.3 is 0 Å². The molecule has 2 heterocycles. The van der Waals surface area contributed by atoms with Gasteiger partial charge in [0.15, 0.2) is 0 Å². The molecule has 19 heavy (non-hydrogen) atoms. The first kappa shape index (κ1) is 14.5. The molecular weight excluding hydrogens is 258 g/mol. The van der Waals surface area contributed by atoms with Gasteiger partial charge in [0.25, 0.3) is 5.91 Å². The largest absolute Gasteiger partial charge is 0.348 e. The van der Waals surface area contributed by atoms with Crippen molar-refractivity contribution in [3.05, 3.63) is 16.1 Å². The molecule has 0 aromatic carbocycles. The van der Waals surface area contributed by atoms with E-state index in [2.05, 4.69) is 43.3 Å². The van der Waals surface area contributed by atoms with E-state index in [9.17, 15) is 4.79 Å². The average Bonchev–Trinajstić information content (AvgIpc) is 2.77. The Hall–Kier alpha value is -0.940. The van der Waals surface area contributed by atoms with Crippen molar-refractivity contribution in [2.45, 2.75) is 58.0 Å². The molecule has 0 radical (unpaired) electrons. The number of nitrogens with zero attached hydrogens (tertiary/aromatic N) is 1. The van der Waals surface area contributed by atoms with Gasteiger partial charge in [-0.1, -0.05) is 20.8 Å². The van der Waals surface area contributed by atoms with Gasteiger partial charge in [0.1, 0.15) is 4.88 Å². The zero-order valence-corrected chi connectivity index (χ0v) is 12.9. The summed E-state index contributed by atoms with van der Waals surface area (Å²) in [7, 11) is 0. The molecule has 1 aromatic heterocycles. The first-order valence-electron chi connectivity index (χ1n) is 6.86. The minimum absolute atomic E-state index is 0.0338. The van der Waals surface area contributed by atoms with E-state index in [0.717, 1.165) is 30.0 Å². The monoisotopic (exact) mass is 281 g/mol. The molecule has 1 aliphatic heterocycles. The maximum atomic E-state index is 12.4. The van der Waals surface area contributed by atoms with Gasteiger partial charge in [0.05, 0.1) is 11.2 Å². The van der Waals surface area contributed by atoms with Gasteiger partial charge in [-0.15, -0.1) is 11.3 Å². The van der Waals surface area contributed by atoms with Crippen molar-refractivity contribution >= 4 is 17.2 Å². The zero-order valence-electron chi connectivity index (χ0n) is 12.1. The molecule has 0 aliphatic carbocycles. The predicted octanol–water partition coefficient (Wildman–Crippen LogP) is 2.31. The number of nitrogens with one attached hydrogen (secondary N) is 2. The lowest BCUT2D eigenvalue weighted by Crippen LogP contribution is -2.46. The van der Waals surface area contributed by atoms with Crippen molar-refractivity contribution in [2.24, 2.45) is 0 Å². The summed E-state index contributed by atoms with van der Waals surface area (Å²) in [6, 6.07) is 0.751. The van der Waals surface area contributed by atoms with Gasteiger partial charge in [0, 0.05) is 17.5 Å². The van der Waals surface area contributed by atoms with Crippen LogP contribution in [0.4, 0.5) is 0 Å². The lowest BCUT2D eigenvalue weighted by molar-refractivity contribution is 0.0927. The fourth-order valence-corrected chi connectivity index (χ4v) is 3.36. The molecule has 2 rings (SSSR count). The summed E-state index contributed by atoms with van der Waals surface area (Å²) >= 11 is 1.44. The number of amides is 1. The van der Waals surface area contributed by atoms with Crippen molar-refractivity contribution in [2.75, 3.05) is 6.54 Å². The number of thiazole rings is 1. The van der Waals surface area contributed by atoms with Gasteiger partial charge < -0.3 is 10.6 Å². The maximum Gasteiger partial charge on any atom is 0.263 e. The first-order chi connectivity index (χ1) is 8.88. The number of hydrogen-bond acceptors (Lipinski definition) is 4. The second-order valence-corrected chi connectivity index (χ2v) is 7.18. The average molecular weight is 281 g/mol. The van der Waals surface area contributed by atoms with Crippen molar-refractivity contribution in [1.82, 2.24) is 15.6 Å². The molecule has 0 bridgehead atoms. The summed E-state index contributed by atoms with van der Waals surface area (Å²) in [5, 5.41) is 6.55. The van der Waals surface area contributed by atoms with Crippen LogP contribution in [-0.2, 0) is 5.41 Å². The van der Waals surface area contributed by atoms with Crippen molar-refractivity contribution in [3.8, 4) is 0 Å². The Morgan fingerprint density at radius 1 is 1.53 bits per heavy atom. The molecule has 2 N–H and O–H groups in total. The van der Waals surface area contributed by atoms with Crippen LogP contribution in [0.25, 0.3) is 0 Å². The van der Waals surface area contributed by atoms with E-state index < -0.39 is 0 Å². The molecule has 1 aliphatic rings. The van der Waals surface area contributed by atoms with E-state index in [0.29, 0.717) is 6.04 Å². The van der Waals surface area contributed by atoms with E-state index in [-0.39, 0.29) is 17.4 Å². The Bertz CT molecular complexity index is 450. The van der Waals surface area contributed by atoms with Gasteiger partial charge in [0.2, 0.25) is 0 Å². The Morgan fingerprint density at radius 3 is 2.89 bits per heavy atom. The Kier molecular flexibility index (Phi) is 4.26. The highest BCUT2D eigenvalue weighted by Crippen LogP contribution is 2.27. The molecule has 0 saturated carbocycles. The molecule has 0 spiro atoms. The zero-order chi connectivity index (χ0) is 14.0. The molecule has 1 saturated heterocycles. The van der Waals surface area contributed by atoms with Crippen LogP contribution in [0.5, 0.6) is 0 Å². The summed E-state index contributed by atoms with van der Waals surface area (Å²) in [5.74, 6) is 0.0338. The van der Waals surface area contributed by atoms with Crippen LogP contribution >= 0.6 is 11.3 Å². The van der Waals surface area contributed by atoms with E-state index in [1.54, 1.807) is 5.51 Å². The lowest BCUT2D eigenvalue weighted by atomic mass is 9.91. The van der Waals surface area contributed by atoms with E-state index in [4.69, 9.17) is 0 Å². The fourth-order valence-electron chi connectivity index (χ4n) is 2.46. The van der Waals surface area contributed by atoms with Crippen LogP contribution in [0.3, 0.4) is 0 Å². The van der Waals surface area contributed by atoms with Crippen LogP contribution in [0.1, 0.15) is 55.9 Å². The maximum absolute atomic E-state index is 12.4. The topological polar surface area (TPSA) is 54.0 Å². The standard InChI is InChI=1S/C14H23N3OS/c1-9-7-10(5-6-15-9)17-13(18)11-12(14(2,3)4)16-8-19-11/h8-10,15H,5-7H2,1-4H3,(H,17,18). The molecule has 2 unspecified atom stereocenters. The highest BCUT2D eigenvalue weighted by molar-refractivity contribution is 7.11. The molecular formula is C14H23N3OS. The molecule has 1 aromatic rings. The van der Waals surface area contributed by atoms with Crippen LogP contribution in [-0.4, -0.2) is 29.5 Å². The molecule has 2 atom stereocenters. The Morgan fingerprint density at radius 2 is 2.26 bits per heavy atom. The Balaban J connectivity index is 2.06. The minimum atomic E-state index is -0.0892. The molecule has 4 nitrogen and oxygen atoms in total. The number of rotatable bonds is 2. The second kappa shape index (κ2) is 5.59. The molecule has 1 fully saturated rings.